The van der Waals surface area contributed by atoms with Crippen molar-refractivity contribution < 1.29 is 9.59 Å². The van der Waals surface area contributed by atoms with Crippen LogP contribution in [0.15, 0.2) is 5.38 Å². The number of thiazole rings is 1. The number of carbonyl (C=O) groups excluding carboxylic acids is 2. The quantitative estimate of drug-likeness (QED) is 0.847. The zero-order chi connectivity index (χ0) is 17.4. The molecule has 2 N–H and O–H groups in total. The SMILES string of the molecule is CCc1csc(CNC(=O)[C@H]2[C@@H]3CNC[C@@H](C3)[C@@H]3CCCC(=O)N32)n1. The number of aromatic nitrogens is 1. The third kappa shape index (κ3) is 3.19. The highest BCUT2D eigenvalue weighted by molar-refractivity contribution is 7.09. The minimum Gasteiger partial charge on any atom is -0.348 e. The number of rotatable bonds is 4. The van der Waals surface area contributed by atoms with Gasteiger partial charge in [0.05, 0.1) is 12.2 Å². The van der Waals surface area contributed by atoms with Gasteiger partial charge >= 0.3 is 0 Å². The van der Waals surface area contributed by atoms with Crippen LogP contribution in [0.4, 0.5) is 0 Å². The Balaban J connectivity index is 1.49. The standard InChI is InChI=1S/C18H26N4O2S/c1-2-13-10-25-15(21-13)9-20-18(24)17-12-6-11(7-19-8-12)14-4-3-5-16(23)22(14)17/h10-12,14,17,19H,2-9H2,1H3,(H,20,24)/t11-,12+,14+,17-/m1/s1. The van der Waals surface area contributed by atoms with Crippen molar-refractivity contribution in [1.82, 2.24) is 20.5 Å². The number of hydrogen-bond donors (Lipinski definition) is 2. The number of nitrogens with one attached hydrogen (secondary N) is 2. The highest BCUT2D eigenvalue weighted by Gasteiger charge is 2.50. The smallest absolute Gasteiger partial charge is 0.243 e. The summed E-state index contributed by atoms with van der Waals surface area (Å²) >= 11 is 1.59. The van der Waals surface area contributed by atoms with Crippen molar-refractivity contribution in [3.63, 3.8) is 0 Å². The summed E-state index contributed by atoms with van der Waals surface area (Å²) in [4.78, 5) is 32.1. The lowest BCUT2D eigenvalue weighted by Gasteiger charge is -2.53. The molecule has 0 aliphatic carbocycles. The molecule has 0 aromatic carbocycles. The van der Waals surface area contributed by atoms with E-state index in [0.717, 1.165) is 49.5 Å². The lowest BCUT2D eigenvalue weighted by Crippen LogP contribution is -2.67. The molecule has 25 heavy (non-hydrogen) atoms. The van der Waals surface area contributed by atoms with Gasteiger partial charge in [-0.25, -0.2) is 4.98 Å². The number of fused-ring (bicyclic) bond motifs is 4. The Morgan fingerprint density at radius 3 is 3.08 bits per heavy atom. The van der Waals surface area contributed by atoms with Crippen LogP contribution in [0.3, 0.4) is 0 Å². The first-order chi connectivity index (χ1) is 12.2. The first-order valence-corrected chi connectivity index (χ1v) is 10.3. The van der Waals surface area contributed by atoms with Crippen molar-refractivity contribution in [2.45, 2.75) is 57.7 Å². The fraction of sp³-hybridized carbons (Fsp3) is 0.722. The fourth-order valence-corrected chi connectivity index (χ4v) is 5.53. The summed E-state index contributed by atoms with van der Waals surface area (Å²) < 4.78 is 0. The van der Waals surface area contributed by atoms with E-state index in [4.69, 9.17) is 0 Å². The third-order valence-corrected chi connectivity index (χ3v) is 6.79. The van der Waals surface area contributed by atoms with Crippen molar-refractivity contribution in [3.05, 3.63) is 16.1 Å². The van der Waals surface area contributed by atoms with Crippen LogP contribution in [-0.2, 0) is 22.6 Å². The van der Waals surface area contributed by atoms with Crippen LogP contribution in [0.5, 0.6) is 0 Å². The van der Waals surface area contributed by atoms with Crippen LogP contribution in [0.2, 0.25) is 0 Å². The van der Waals surface area contributed by atoms with Gasteiger partial charge in [0.1, 0.15) is 11.0 Å². The summed E-state index contributed by atoms with van der Waals surface area (Å²) in [5, 5.41) is 9.50. The highest BCUT2D eigenvalue weighted by atomic mass is 32.1. The molecule has 136 valence electrons. The maximum absolute atomic E-state index is 13.0. The van der Waals surface area contributed by atoms with Crippen LogP contribution in [0.1, 0.15) is 43.3 Å². The molecule has 4 heterocycles. The normalized spacial score (nSPS) is 31.6. The molecular weight excluding hydrogens is 336 g/mol. The molecule has 4 atom stereocenters. The Hall–Kier alpha value is -1.47. The van der Waals surface area contributed by atoms with E-state index < -0.39 is 0 Å². The van der Waals surface area contributed by atoms with Gasteiger partial charge in [-0.3, -0.25) is 9.59 Å². The molecule has 0 saturated carbocycles. The molecule has 3 aliphatic heterocycles. The summed E-state index contributed by atoms with van der Waals surface area (Å²) in [6.07, 6.45) is 4.53. The van der Waals surface area contributed by atoms with E-state index in [1.165, 1.54) is 0 Å². The summed E-state index contributed by atoms with van der Waals surface area (Å²) in [7, 11) is 0. The number of amides is 2. The van der Waals surface area contributed by atoms with Gasteiger partial charge in [-0.15, -0.1) is 11.3 Å². The largest absolute Gasteiger partial charge is 0.348 e. The van der Waals surface area contributed by atoms with Crippen molar-refractivity contribution in [3.8, 4) is 0 Å². The molecule has 1 aromatic heterocycles. The van der Waals surface area contributed by atoms with Crippen molar-refractivity contribution in [1.29, 1.82) is 0 Å². The van der Waals surface area contributed by atoms with Crippen molar-refractivity contribution >= 4 is 23.2 Å². The van der Waals surface area contributed by atoms with E-state index in [2.05, 4.69) is 22.5 Å². The summed E-state index contributed by atoms with van der Waals surface area (Å²) in [5.74, 6) is 0.869. The Morgan fingerprint density at radius 2 is 2.28 bits per heavy atom. The summed E-state index contributed by atoms with van der Waals surface area (Å²) in [6.45, 7) is 4.32. The molecule has 4 rings (SSSR count). The zero-order valence-electron chi connectivity index (χ0n) is 14.7. The van der Waals surface area contributed by atoms with Crippen LogP contribution < -0.4 is 10.6 Å². The summed E-state index contributed by atoms with van der Waals surface area (Å²) in [5.41, 5.74) is 1.07. The second-order valence-corrected chi connectivity index (χ2v) is 8.37. The minimum atomic E-state index is -0.326. The first-order valence-electron chi connectivity index (χ1n) is 9.40. The average molecular weight is 362 g/mol. The van der Waals surface area contributed by atoms with Gasteiger partial charge < -0.3 is 15.5 Å². The van der Waals surface area contributed by atoms with Gasteiger partial charge in [0.2, 0.25) is 11.8 Å². The van der Waals surface area contributed by atoms with Crippen LogP contribution >= 0.6 is 11.3 Å². The Kier molecular flexibility index (Phi) is 4.78. The van der Waals surface area contributed by atoms with E-state index in [-0.39, 0.29) is 29.8 Å². The third-order valence-electron chi connectivity index (χ3n) is 5.89. The molecule has 7 heteroatoms. The predicted molar refractivity (Wildman–Crippen MR) is 96.1 cm³/mol. The minimum absolute atomic E-state index is 0.0133. The first kappa shape index (κ1) is 17.0. The predicted octanol–water partition coefficient (Wildman–Crippen LogP) is 1.31. The van der Waals surface area contributed by atoms with Crippen molar-refractivity contribution in [2.24, 2.45) is 11.8 Å². The van der Waals surface area contributed by atoms with Gasteiger partial charge in [0.15, 0.2) is 0 Å². The molecule has 3 saturated heterocycles. The molecule has 1 aromatic rings. The lowest BCUT2D eigenvalue weighted by atomic mass is 9.72. The van der Waals surface area contributed by atoms with E-state index >= 15 is 0 Å². The number of nitrogens with zero attached hydrogens (tertiary/aromatic N) is 2. The van der Waals surface area contributed by atoms with Crippen LogP contribution in [0, 0.1) is 11.8 Å². The maximum Gasteiger partial charge on any atom is 0.243 e. The van der Waals surface area contributed by atoms with Gasteiger partial charge in [-0.1, -0.05) is 6.92 Å². The molecule has 0 radical (unpaired) electrons. The van der Waals surface area contributed by atoms with Gasteiger partial charge in [0, 0.05) is 30.3 Å². The van der Waals surface area contributed by atoms with Crippen LogP contribution in [-0.4, -0.2) is 46.9 Å². The van der Waals surface area contributed by atoms with E-state index in [1.54, 1.807) is 11.3 Å². The van der Waals surface area contributed by atoms with Crippen LogP contribution in [0.25, 0.3) is 0 Å². The van der Waals surface area contributed by atoms with E-state index in [9.17, 15) is 9.59 Å². The number of hydrogen-bond acceptors (Lipinski definition) is 5. The zero-order valence-corrected chi connectivity index (χ0v) is 15.5. The average Bonchev–Trinajstić information content (AvgIpc) is 3.09. The topological polar surface area (TPSA) is 74.3 Å². The monoisotopic (exact) mass is 362 g/mol. The van der Waals surface area contributed by atoms with E-state index in [0.29, 0.717) is 18.9 Å². The summed E-state index contributed by atoms with van der Waals surface area (Å²) in [6, 6.07) is -0.0972. The second-order valence-electron chi connectivity index (χ2n) is 7.42. The molecule has 3 aliphatic rings. The Morgan fingerprint density at radius 1 is 1.44 bits per heavy atom. The fourth-order valence-electron chi connectivity index (χ4n) is 4.71. The molecule has 0 unspecified atom stereocenters. The Labute approximate surface area is 152 Å². The number of aryl methyl sites for hydroxylation is 1. The molecule has 2 amide bonds. The maximum atomic E-state index is 13.0. The lowest BCUT2D eigenvalue weighted by molar-refractivity contribution is -0.157. The van der Waals surface area contributed by atoms with E-state index in [1.807, 2.05) is 10.3 Å². The van der Waals surface area contributed by atoms with Gasteiger partial charge in [-0.2, -0.15) is 0 Å². The number of piperidine rings is 3. The number of carbonyl (C=O) groups is 2. The molecule has 3 fully saturated rings. The Bertz CT molecular complexity index is 661. The van der Waals surface area contributed by atoms with Gasteiger partial charge in [0.25, 0.3) is 0 Å². The van der Waals surface area contributed by atoms with Gasteiger partial charge in [-0.05, 0) is 38.1 Å². The molecular formula is C18H26N4O2S. The highest BCUT2D eigenvalue weighted by Crippen LogP contribution is 2.39. The molecule has 2 bridgehead atoms. The van der Waals surface area contributed by atoms with Crippen molar-refractivity contribution in [2.75, 3.05) is 13.1 Å². The second kappa shape index (κ2) is 7.03. The molecule has 0 spiro atoms. The molecule has 6 nitrogen and oxygen atoms in total.